The second-order valence-corrected chi connectivity index (χ2v) is 6.43. The first-order valence-corrected chi connectivity index (χ1v) is 8.84. The van der Waals surface area contributed by atoms with Crippen LogP contribution in [0.15, 0.2) is 47.7 Å². The molecule has 0 bridgehead atoms. The van der Waals surface area contributed by atoms with Crippen LogP contribution in [0, 0.1) is 5.92 Å². The van der Waals surface area contributed by atoms with Crippen LogP contribution in [-0.4, -0.2) is 41.9 Å². The lowest BCUT2D eigenvalue weighted by Gasteiger charge is -2.31. The third-order valence-corrected chi connectivity index (χ3v) is 4.23. The van der Waals surface area contributed by atoms with Crippen molar-refractivity contribution in [3.05, 3.63) is 42.7 Å². The summed E-state index contributed by atoms with van der Waals surface area (Å²) in [4.78, 5) is 15.0. The van der Waals surface area contributed by atoms with E-state index in [1.165, 1.54) is 24.3 Å². The molecule has 0 spiro atoms. The van der Waals surface area contributed by atoms with Crippen molar-refractivity contribution in [1.29, 1.82) is 0 Å². The molecule has 0 aliphatic carbocycles. The van der Waals surface area contributed by atoms with Crippen molar-refractivity contribution in [2.24, 2.45) is 16.6 Å². The van der Waals surface area contributed by atoms with Crippen LogP contribution < -0.4 is 20.7 Å². The van der Waals surface area contributed by atoms with Gasteiger partial charge in [0, 0.05) is 37.7 Å². The van der Waals surface area contributed by atoms with Crippen LogP contribution in [0.25, 0.3) is 0 Å². The minimum absolute atomic E-state index is 0.206. The lowest BCUT2D eigenvalue weighted by Crippen LogP contribution is -2.38. The number of nitrogens with two attached hydrogens (primary N) is 1. The van der Waals surface area contributed by atoms with E-state index < -0.39 is 6.36 Å². The van der Waals surface area contributed by atoms with Crippen LogP contribution in [0.5, 0.6) is 5.75 Å². The molecule has 28 heavy (non-hydrogen) atoms. The van der Waals surface area contributed by atoms with Gasteiger partial charge in [-0.05, 0) is 49.1 Å². The molecule has 1 aliphatic rings. The highest BCUT2D eigenvalue weighted by Crippen LogP contribution is 2.24. The van der Waals surface area contributed by atoms with Crippen molar-refractivity contribution in [2.75, 3.05) is 29.9 Å². The van der Waals surface area contributed by atoms with Crippen molar-refractivity contribution in [3.8, 4) is 5.75 Å². The number of nitrogens with one attached hydrogen (secondary N) is 1. The number of guanidine groups is 1. The molecule has 7 nitrogen and oxygen atoms in total. The molecular weight excluding hydrogens is 373 g/mol. The van der Waals surface area contributed by atoms with E-state index in [4.69, 9.17) is 5.73 Å². The molecule has 0 radical (unpaired) electrons. The van der Waals surface area contributed by atoms with E-state index >= 15 is 0 Å². The molecule has 1 atom stereocenters. The van der Waals surface area contributed by atoms with Crippen molar-refractivity contribution in [3.63, 3.8) is 0 Å². The molecule has 150 valence electrons. The Morgan fingerprint density at radius 1 is 1.25 bits per heavy atom. The first-order chi connectivity index (χ1) is 13.4. The Morgan fingerprint density at radius 2 is 1.96 bits per heavy atom. The van der Waals surface area contributed by atoms with E-state index in [2.05, 4.69) is 29.9 Å². The summed E-state index contributed by atoms with van der Waals surface area (Å²) >= 11 is 0. The molecule has 2 aromatic rings. The van der Waals surface area contributed by atoms with Gasteiger partial charge in [0.15, 0.2) is 5.96 Å². The van der Waals surface area contributed by atoms with Gasteiger partial charge in [-0.1, -0.05) is 0 Å². The average molecular weight is 394 g/mol. The summed E-state index contributed by atoms with van der Waals surface area (Å²) in [6.07, 6.45) is 0.776. The topological polar surface area (TPSA) is 88.7 Å². The quantitative estimate of drug-likeness (QED) is 0.599. The van der Waals surface area contributed by atoms with Crippen LogP contribution in [-0.2, 0) is 0 Å². The number of benzene rings is 1. The minimum atomic E-state index is -4.71. The predicted molar refractivity (Wildman–Crippen MR) is 100 cm³/mol. The highest BCUT2D eigenvalue weighted by Gasteiger charge is 2.31. The first kappa shape index (κ1) is 19.7. The van der Waals surface area contributed by atoms with Gasteiger partial charge in [-0.2, -0.15) is 0 Å². The van der Waals surface area contributed by atoms with Gasteiger partial charge in [0.1, 0.15) is 5.75 Å². The molecule has 1 unspecified atom stereocenters. The molecule has 2 heterocycles. The summed E-state index contributed by atoms with van der Waals surface area (Å²) in [5.41, 5.74) is 6.42. The lowest BCUT2D eigenvalue weighted by atomic mass is 9.98. The maximum Gasteiger partial charge on any atom is 0.573 e. The number of alkyl halides is 3. The summed E-state index contributed by atoms with van der Waals surface area (Å²) in [7, 11) is 0. The van der Waals surface area contributed by atoms with Gasteiger partial charge in [0.05, 0.1) is 0 Å². The number of hydrogen-bond donors (Lipinski definition) is 2. The summed E-state index contributed by atoms with van der Waals surface area (Å²) in [5.74, 6) is 0.945. The number of ether oxygens (including phenoxy) is 1. The molecule has 10 heteroatoms. The number of anilines is 2. The zero-order chi connectivity index (χ0) is 20.0. The van der Waals surface area contributed by atoms with E-state index in [0.717, 1.165) is 25.9 Å². The summed E-state index contributed by atoms with van der Waals surface area (Å²) in [6.45, 7) is 2.24. The molecule has 3 N–H and O–H groups in total. The van der Waals surface area contributed by atoms with Crippen molar-refractivity contribution >= 4 is 17.6 Å². The summed E-state index contributed by atoms with van der Waals surface area (Å²) < 4.78 is 40.4. The van der Waals surface area contributed by atoms with Gasteiger partial charge in [0.2, 0.25) is 5.95 Å². The Morgan fingerprint density at radius 3 is 2.64 bits per heavy atom. The van der Waals surface area contributed by atoms with Crippen LogP contribution in [0.1, 0.15) is 12.8 Å². The third kappa shape index (κ3) is 6.00. The summed E-state index contributed by atoms with van der Waals surface area (Å²) in [6, 6.07) is 7.09. The van der Waals surface area contributed by atoms with Gasteiger partial charge < -0.3 is 20.7 Å². The number of aliphatic imine (C=N–C) groups is 1. The van der Waals surface area contributed by atoms with Gasteiger partial charge in [-0.3, -0.25) is 4.99 Å². The maximum atomic E-state index is 12.2. The highest BCUT2D eigenvalue weighted by atomic mass is 19.4. The standard InChI is InChI=1S/C18H21F3N6O/c19-18(20,21)28-15-6-4-14(5-7-15)26-16(22)25-11-13-3-1-10-27(12-13)17-23-8-2-9-24-17/h2,4-9,13H,1,3,10-12H2,(H3,22,25,26). The Labute approximate surface area is 160 Å². The van der Waals surface area contributed by atoms with Crippen molar-refractivity contribution in [1.82, 2.24) is 9.97 Å². The molecule has 0 amide bonds. The van der Waals surface area contributed by atoms with Crippen molar-refractivity contribution < 1.29 is 17.9 Å². The molecule has 0 saturated carbocycles. The molecule has 3 rings (SSSR count). The number of aromatic nitrogens is 2. The Kier molecular flexibility index (Phi) is 6.17. The minimum Gasteiger partial charge on any atom is -0.406 e. The average Bonchev–Trinajstić information content (AvgIpc) is 2.68. The number of hydrogen-bond acceptors (Lipinski definition) is 5. The van der Waals surface area contributed by atoms with Crippen LogP contribution in [0.2, 0.25) is 0 Å². The second-order valence-electron chi connectivity index (χ2n) is 6.43. The molecule has 1 fully saturated rings. The Bertz CT molecular complexity index is 782. The largest absolute Gasteiger partial charge is 0.573 e. The lowest BCUT2D eigenvalue weighted by molar-refractivity contribution is -0.274. The zero-order valence-electron chi connectivity index (χ0n) is 15.1. The fraction of sp³-hybridized carbons (Fsp3) is 0.389. The third-order valence-electron chi connectivity index (χ3n) is 4.23. The number of piperidine rings is 1. The number of rotatable bonds is 5. The molecule has 1 aromatic carbocycles. The SMILES string of the molecule is NC(=NCC1CCCN(c2ncccn2)C1)Nc1ccc(OC(F)(F)F)cc1. The van der Waals surface area contributed by atoms with Gasteiger partial charge in [-0.15, -0.1) is 13.2 Å². The first-order valence-electron chi connectivity index (χ1n) is 8.84. The van der Waals surface area contributed by atoms with Crippen LogP contribution in [0.4, 0.5) is 24.8 Å². The fourth-order valence-electron chi connectivity index (χ4n) is 3.01. The van der Waals surface area contributed by atoms with E-state index in [0.29, 0.717) is 24.1 Å². The Balaban J connectivity index is 1.51. The number of nitrogens with zero attached hydrogens (tertiary/aromatic N) is 4. The van der Waals surface area contributed by atoms with Gasteiger partial charge in [-0.25, -0.2) is 9.97 Å². The summed E-state index contributed by atoms with van der Waals surface area (Å²) in [5, 5.41) is 2.87. The van der Waals surface area contributed by atoms with E-state index in [-0.39, 0.29) is 11.7 Å². The van der Waals surface area contributed by atoms with Crippen LogP contribution >= 0.6 is 0 Å². The van der Waals surface area contributed by atoms with E-state index in [9.17, 15) is 13.2 Å². The second kappa shape index (κ2) is 8.77. The predicted octanol–water partition coefficient (Wildman–Crippen LogP) is 3.02. The van der Waals surface area contributed by atoms with E-state index in [1.807, 2.05) is 0 Å². The van der Waals surface area contributed by atoms with E-state index in [1.54, 1.807) is 18.5 Å². The maximum absolute atomic E-state index is 12.2. The Hall–Kier alpha value is -3.04. The zero-order valence-corrected chi connectivity index (χ0v) is 15.1. The normalized spacial score (nSPS) is 18.0. The molecule has 1 aromatic heterocycles. The van der Waals surface area contributed by atoms with Gasteiger partial charge >= 0.3 is 6.36 Å². The number of halogens is 3. The monoisotopic (exact) mass is 394 g/mol. The smallest absolute Gasteiger partial charge is 0.406 e. The molecule has 1 saturated heterocycles. The van der Waals surface area contributed by atoms with Gasteiger partial charge in [0.25, 0.3) is 0 Å². The van der Waals surface area contributed by atoms with Crippen molar-refractivity contribution in [2.45, 2.75) is 19.2 Å². The molecular formula is C18H21F3N6O. The molecule has 1 aliphatic heterocycles. The fourth-order valence-corrected chi connectivity index (χ4v) is 3.01. The highest BCUT2D eigenvalue weighted by molar-refractivity contribution is 5.92. The van der Waals surface area contributed by atoms with Crippen LogP contribution in [0.3, 0.4) is 0 Å².